The summed E-state index contributed by atoms with van der Waals surface area (Å²) in [5, 5.41) is 0. The number of benzene rings is 2. The van der Waals surface area contributed by atoms with E-state index >= 15 is 0 Å². The zero-order chi connectivity index (χ0) is 13.8. The van der Waals surface area contributed by atoms with Crippen LogP contribution < -0.4 is 11.3 Å². The van der Waals surface area contributed by atoms with Gasteiger partial charge in [0.1, 0.15) is 5.82 Å². The molecule has 19 heavy (non-hydrogen) atoms. The third kappa shape index (κ3) is 3.62. The summed E-state index contributed by atoms with van der Waals surface area (Å²) in [5.74, 6) is 5.38. The minimum atomic E-state index is -0.253. The highest BCUT2D eigenvalue weighted by molar-refractivity contribution is 9.10. The van der Waals surface area contributed by atoms with Gasteiger partial charge in [-0.15, -0.1) is 0 Å². The molecule has 0 saturated heterocycles. The molecule has 2 aromatic rings. The topological polar surface area (TPSA) is 38.0 Å². The molecule has 1 unspecified atom stereocenters. The molecule has 2 rings (SSSR count). The van der Waals surface area contributed by atoms with E-state index in [4.69, 9.17) is 5.84 Å². The molecule has 100 valence electrons. The Bertz CT molecular complexity index is 572. The first-order valence-corrected chi connectivity index (χ1v) is 6.86. The zero-order valence-corrected chi connectivity index (χ0v) is 12.2. The van der Waals surface area contributed by atoms with Gasteiger partial charge in [0.25, 0.3) is 0 Å². The maximum atomic E-state index is 13.2. The number of hydrazine groups is 1. The number of aryl methyl sites for hydroxylation is 1. The highest BCUT2D eigenvalue weighted by Crippen LogP contribution is 2.22. The average molecular weight is 323 g/mol. The number of hydrogen-bond acceptors (Lipinski definition) is 2. The summed E-state index contributed by atoms with van der Waals surface area (Å²) >= 11 is 3.20. The van der Waals surface area contributed by atoms with Gasteiger partial charge in [-0.25, -0.2) is 4.39 Å². The summed E-state index contributed by atoms with van der Waals surface area (Å²) < 4.78 is 13.7. The molecule has 3 N–H and O–H groups in total. The Labute approximate surface area is 120 Å². The van der Waals surface area contributed by atoms with Crippen molar-refractivity contribution in [2.24, 2.45) is 5.84 Å². The molecule has 0 spiro atoms. The standard InChI is InChI=1S/C15H16BrFN2/c1-10-3-2-4-12(7-10)15(19-18)9-11-5-6-14(17)13(16)8-11/h2-8,15,19H,9,18H2,1H3. The van der Waals surface area contributed by atoms with Gasteiger partial charge in [0.2, 0.25) is 0 Å². The van der Waals surface area contributed by atoms with Gasteiger partial charge in [0, 0.05) is 6.04 Å². The largest absolute Gasteiger partial charge is 0.271 e. The Morgan fingerprint density at radius 1 is 1.26 bits per heavy atom. The van der Waals surface area contributed by atoms with Crippen LogP contribution in [0.2, 0.25) is 0 Å². The molecule has 0 aliphatic carbocycles. The van der Waals surface area contributed by atoms with Crippen LogP contribution in [0.3, 0.4) is 0 Å². The van der Waals surface area contributed by atoms with Crippen molar-refractivity contribution in [1.82, 2.24) is 5.43 Å². The van der Waals surface area contributed by atoms with Crippen LogP contribution in [0.15, 0.2) is 46.9 Å². The summed E-state index contributed by atoms with van der Waals surface area (Å²) in [5.41, 5.74) is 6.17. The van der Waals surface area contributed by atoms with Gasteiger partial charge in [0.05, 0.1) is 4.47 Å². The van der Waals surface area contributed by atoms with E-state index in [1.165, 1.54) is 11.6 Å². The molecule has 0 amide bonds. The Balaban J connectivity index is 2.21. The summed E-state index contributed by atoms with van der Waals surface area (Å²) in [4.78, 5) is 0. The Morgan fingerprint density at radius 2 is 2.05 bits per heavy atom. The molecule has 1 atom stereocenters. The van der Waals surface area contributed by atoms with Crippen molar-refractivity contribution in [1.29, 1.82) is 0 Å². The monoisotopic (exact) mass is 322 g/mol. The second-order valence-corrected chi connectivity index (χ2v) is 5.44. The predicted molar refractivity (Wildman–Crippen MR) is 79.0 cm³/mol. The van der Waals surface area contributed by atoms with Gasteiger partial charge in [-0.3, -0.25) is 11.3 Å². The first-order valence-electron chi connectivity index (χ1n) is 6.07. The molecular formula is C15H16BrFN2. The van der Waals surface area contributed by atoms with Crippen LogP contribution in [-0.4, -0.2) is 0 Å². The zero-order valence-electron chi connectivity index (χ0n) is 10.7. The number of nitrogens with one attached hydrogen (secondary N) is 1. The molecule has 0 aromatic heterocycles. The molecule has 2 nitrogen and oxygen atoms in total. The molecule has 0 aliphatic heterocycles. The van der Waals surface area contributed by atoms with E-state index in [1.54, 1.807) is 12.1 Å². The summed E-state index contributed by atoms with van der Waals surface area (Å²) in [6, 6.07) is 13.2. The SMILES string of the molecule is Cc1cccc(C(Cc2ccc(F)c(Br)c2)NN)c1. The van der Waals surface area contributed by atoms with Crippen molar-refractivity contribution in [3.05, 3.63) is 69.4 Å². The van der Waals surface area contributed by atoms with Gasteiger partial charge in [-0.05, 0) is 52.5 Å². The van der Waals surface area contributed by atoms with E-state index in [2.05, 4.69) is 27.4 Å². The molecule has 4 heteroatoms. The fourth-order valence-electron chi connectivity index (χ4n) is 2.06. The molecular weight excluding hydrogens is 307 g/mol. The quantitative estimate of drug-likeness (QED) is 0.666. The van der Waals surface area contributed by atoms with Crippen molar-refractivity contribution in [3.63, 3.8) is 0 Å². The molecule has 0 fully saturated rings. The molecule has 0 bridgehead atoms. The van der Waals surface area contributed by atoms with Crippen LogP contribution in [-0.2, 0) is 6.42 Å². The first-order chi connectivity index (χ1) is 9.10. The van der Waals surface area contributed by atoms with Crippen LogP contribution >= 0.6 is 15.9 Å². The number of halogens is 2. The Kier molecular flexibility index (Phi) is 4.69. The van der Waals surface area contributed by atoms with E-state index in [1.807, 2.05) is 25.1 Å². The van der Waals surface area contributed by atoms with E-state index < -0.39 is 0 Å². The number of nitrogens with two attached hydrogens (primary N) is 1. The van der Waals surface area contributed by atoms with E-state index in [9.17, 15) is 4.39 Å². The summed E-state index contributed by atoms with van der Waals surface area (Å²) in [6.07, 6.45) is 0.707. The van der Waals surface area contributed by atoms with Crippen molar-refractivity contribution in [3.8, 4) is 0 Å². The van der Waals surface area contributed by atoms with Crippen molar-refractivity contribution in [2.75, 3.05) is 0 Å². The Hall–Kier alpha value is -1.23. The third-order valence-corrected chi connectivity index (χ3v) is 3.68. The van der Waals surface area contributed by atoms with E-state index in [-0.39, 0.29) is 11.9 Å². The van der Waals surface area contributed by atoms with Crippen molar-refractivity contribution in [2.45, 2.75) is 19.4 Å². The minimum Gasteiger partial charge on any atom is -0.271 e. The second kappa shape index (κ2) is 6.28. The lowest BCUT2D eigenvalue weighted by Gasteiger charge is -2.17. The third-order valence-electron chi connectivity index (χ3n) is 3.07. The molecule has 0 radical (unpaired) electrons. The number of hydrogen-bond donors (Lipinski definition) is 2. The van der Waals surface area contributed by atoms with Crippen molar-refractivity contribution < 1.29 is 4.39 Å². The van der Waals surface area contributed by atoms with Crippen LogP contribution in [0.4, 0.5) is 4.39 Å². The van der Waals surface area contributed by atoms with Crippen LogP contribution in [0.25, 0.3) is 0 Å². The highest BCUT2D eigenvalue weighted by atomic mass is 79.9. The van der Waals surface area contributed by atoms with Crippen LogP contribution in [0.1, 0.15) is 22.7 Å². The van der Waals surface area contributed by atoms with Gasteiger partial charge >= 0.3 is 0 Å². The smallest absolute Gasteiger partial charge is 0.137 e. The fourth-order valence-corrected chi connectivity index (χ4v) is 2.49. The molecule has 0 heterocycles. The van der Waals surface area contributed by atoms with Gasteiger partial charge in [0.15, 0.2) is 0 Å². The van der Waals surface area contributed by atoms with Crippen LogP contribution in [0, 0.1) is 12.7 Å². The van der Waals surface area contributed by atoms with Gasteiger partial charge in [-0.1, -0.05) is 35.9 Å². The average Bonchev–Trinajstić information content (AvgIpc) is 2.40. The van der Waals surface area contributed by atoms with E-state index in [0.29, 0.717) is 10.9 Å². The summed E-state index contributed by atoms with van der Waals surface area (Å²) in [7, 11) is 0. The van der Waals surface area contributed by atoms with Gasteiger partial charge < -0.3 is 0 Å². The predicted octanol–water partition coefficient (Wildman–Crippen LogP) is 3.64. The molecule has 0 aliphatic rings. The minimum absolute atomic E-state index is 0.0114. The molecule has 2 aromatic carbocycles. The van der Waals surface area contributed by atoms with E-state index in [0.717, 1.165) is 11.1 Å². The van der Waals surface area contributed by atoms with Crippen molar-refractivity contribution >= 4 is 15.9 Å². The molecule has 0 saturated carbocycles. The summed E-state index contributed by atoms with van der Waals surface area (Å²) in [6.45, 7) is 2.05. The fraction of sp³-hybridized carbons (Fsp3) is 0.200. The first kappa shape index (κ1) is 14.2. The normalized spacial score (nSPS) is 12.4. The second-order valence-electron chi connectivity index (χ2n) is 4.59. The Morgan fingerprint density at radius 3 is 2.68 bits per heavy atom. The lowest BCUT2D eigenvalue weighted by Crippen LogP contribution is -2.29. The van der Waals surface area contributed by atoms with Gasteiger partial charge in [-0.2, -0.15) is 0 Å². The maximum Gasteiger partial charge on any atom is 0.137 e. The lowest BCUT2D eigenvalue weighted by atomic mass is 9.98. The highest BCUT2D eigenvalue weighted by Gasteiger charge is 2.11. The number of rotatable bonds is 4. The lowest BCUT2D eigenvalue weighted by molar-refractivity contribution is 0.550. The maximum absolute atomic E-state index is 13.2. The van der Waals surface area contributed by atoms with Crippen LogP contribution in [0.5, 0.6) is 0 Å².